The van der Waals surface area contributed by atoms with E-state index in [2.05, 4.69) is 20.0 Å². The van der Waals surface area contributed by atoms with Gasteiger partial charge in [0.25, 0.3) is 5.91 Å². The lowest BCUT2D eigenvalue weighted by molar-refractivity contribution is 0.0736. The van der Waals surface area contributed by atoms with E-state index in [1.807, 2.05) is 42.1 Å². The first-order valence-corrected chi connectivity index (χ1v) is 8.57. The number of aryl methyl sites for hydroxylation is 2. The van der Waals surface area contributed by atoms with Crippen molar-refractivity contribution in [2.45, 2.75) is 13.8 Å². The molecule has 1 fully saturated rings. The van der Waals surface area contributed by atoms with Gasteiger partial charge in [0.15, 0.2) is 5.69 Å². The summed E-state index contributed by atoms with van der Waals surface area (Å²) in [5.74, 6) is 3.00. The minimum Gasteiger partial charge on any atom is -0.361 e. The van der Waals surface area contributed by atoms with Crippen molar-refractivity contribution < 1.29 is 9.32 Å². The fourth-order valence-corrected chi connectivity index (χ4v) is 3.09. The Bertz CT molecular complexity index is 910. The first-order chi connectivity index (χ1) is 12.6. The lowest BCUT2D eigenvalue weighted by Crippen LogP contribution is -2.49. The van der Waals surface area contributed by atoms with E-state index in [9.17, 15) is 4.79 Å². The highest BCUT2D eigenvalue weighted by molar-refractivity contribution is 5.92. The van der Waals surface area contributed by atoms with Crippen molar-refractivity contribution in [1.29, 1.82) is 0 Å². The molecule has 0 bridgehead atoms. The Morgan fingerprint density at radius 2 is 1.69 bits per heavy atom. The minimum atomic E-state index is -0.0894. The molecule has 0 radical (unpaired) electrons. The topological polar surface area (TPSA) is 80.3 Å². The monoisotopic (exact) mass is 352 g/mol. The Hall–Kier alpha value is -3.16. The maximum atomic E-state index is 12.5. The highest BCUT2D eigenvalue weighted by Crippen LogP contribution is 2.18. The number of amides is 1. The lowest BCUT2D eigenvalue weighted by Gasteiger charge is -2.35. The van der Waals surface area contributed by atoms with Gasteiger partial charge in [-0.25, -0.2) is 9.97 Å². The van der Waals surface area contributed by atoms with E-state index in [4.69, 9.17) is 4.52 Å². The van der Waals surface area contributed by atoms with Crippen LogP contribution in [0.3, 0.4) is 0 Å². The van der Waals surface area contributed by atoms with Gasteiger partial charge >= 0.3 is 0 Å². The average molecular weight is 352 g/mol. The predicted octanol–water partition coefficient (Wildman–Crippen LogP) is 1.83. The van der Waals surface area contributed by atoms with Gasteiger partial charge in [-0.2, -0.15) is 0 Å². The zero-order chi connectivity index (χ0) is 18.1. The van der Waals surface area contributed by atoms with E-state index < -0.39 is 0 Å². The molecule has 1 aliphatic rings. The largest absolute Gasteiger partial charge is 0.361 e. The summed E-state index contributed by atoms with van der Waals surface area (Å²) in [5.41, 5.74) is 0.365. The Morgan fingerprint density at radius 1 is 1.00 bits per heavy atom. The van der Waals surface area contributed by atoms with Crippen LogP contribution in [0.5, 0.6) is 0 Å². The van der Waals surface area contributed by atoms with Gasteiger partial charge in [-0.05, 0) is 26.0 Å². The highest BCUT2D eigenvalue weighted by Gasteiger charge is 2.25. The van der Waals surface area contributed by atoms with Gasteiger partial charge in [-0.15, -0.1) is 0 Å². The molecule has 0 spiro atoms. The van der Waals surface area contributed by atoms with Gasteiger partial charge in [0.2, 0.25) is 0 Å². The zero-order valence-electron chi connectivity index (χ0n) is 14.8. The van der Waals surface area contributed by atoms with Crippen LogP contribution in [0.4, 0.5) is 5.82 Å². The van der Waals surface area contributed by atoms with Crippen LogP contribution in [0, 0.1) is 13.8 Å². The van der Waals surface area contributed by atoms with Crippen LogP contribution >= 0.6 is 0 Å². The van der Waals surface area contributed by atoms with Gasteiger partial charge in [0, 0.05) is 50.7 Å². The Kier molecular flexibility index (Phi) is 4.16. The number of carbonyl (C=O) groups is 1. The van der Waals surface area contributed by atoms with Crippen LogP contribution in [0.2, 0.25) is 0 Å². The van der Waals surface area contributed by atoms with Crippen LogP contribution in [-0.2, 0) is 0 Å². The van der Waals surface area contributed by atoms with Crippen molar-refractivity contribution in [2.24, 2.45) is 0 Å². The van der Waals surface area contributed by atoms with Crippen molar-refractivity contribution in [3.05, 3.63) is 53.9 Å². The molecule has 0 N–H and O–H groups in total. The molecule has 0 aromatic carbocycles. The second-order valence-corrected chi connectivity index (χ2v) is 6.32. The summed E-state index contributed by atoms with van der Waals surface area (Å²) in [5, 5.41) is 3.82. The van der Waals surface area contributed by atoms with E-state index in [0.717, 1.165) is 17.5 Å². The molecular weight excluding hydrogens is 332 g/mol. The standard InChI is InChI=1S/C18H20N6O2/c1-13-11-15(21-26-13)18(25)24-9-7-23(8-10-24)17-12-16(19-14(2)20-17)22-5-3-4-6-22/h3-6,11-12H,7-10H2,1-2H3. The summed E-state index contributed by atoms with van der Waals surface area (Å²) >= 11 is 0. The third kappa shape index (κ3) is 3.17. The number of piperazine rings is 1. The zero-order valence-corrected chi connectivity index (χ0v) is 14.8. The normalized spacial score (nSPS) is 14.7. The molecule has 0 aliphatic carbocycles. The molecule has 134 valence electrons. The summed E-state index contributed by atoms with van der Waals surface area (Å²) in [4.78, 5) is 25.5. The molecule has 26 heavy (non-hydrogen) atoms. The molecule has 0 saturated carbocycles. The van der Waals surface area contributed by atoms with E-state index in [-0.39, 0.29) is 5.91 Å². The number of rotatable bonds is 3. The number of hydrogen-bond acceptors (Lipinski definition) is 6. The third-order valence-electron chi connectivity index (χ3n) is 4.42. The number of hydrogen-bond donors (Lipinski definition) is 0. The SMILES string of the molecule is Cc1nc(N2CCN(C(=O)c3cc(C)on3)CC2)cc(-n2cccc2)n1. The molecule has 4 rings (SSSR count). The molecule has 1 aliphatic heterocycles. The van der Waals surface area contributed by atoms with E-state index in [1.165, 1.54) is 0 Å². The van der Waals surface area contributed by atoms with E-state index in [0.29, 0.717) is 37.6 Å². The Morgan fingerprint density at radius 3 is 2.35 bits per heavy atom. The van der Waals surface area contributed by atoms with Crippen LogP contribution in [-0.4, -0.2) is 56.7 Å². The summed E-state index contributed by atoms with van der Waals surface area (Å²) < 4.78 is 6.96. The van der Waals surface area contributed by atoms with Crippen molar-refractivity contribution in [3.8, 4) is 5.82 Å². The minimum absolute atomic E-state index is 0.0894. The summed E-state index contributed by atoms with van der Waals surface area (Å²) in [6, 6.07) is 7.58. The van der Waals surface area contributed by atoms with Crippen molar-refractivity contribution >= 4 is 11.7 Å². The Labute approximate surface area is 151 Å². The van der Waals surface area contributed by atoms with E-state index in [1.54, 1.807) is 17.9 Å². The first kappa shape index (κ1) is 16.3. The fourth-order valence-electron chi connectivity index (χ4n) is 3.09. The van der Waals surface area contributed by atoms with Crippen LogP contribution < -0.4 is 4.90 Å². The number of nitrogens with zero attached hydrogens (tertiary/aromatic N) is 6. The van der Waals surface area contributed by atoms with Crippen LogP contribution in [0.25, 0.3) is 5.82 Å². The number of carbonyl (C=O) groups excluding carboxylic acids is 1. The molecule has 8 heteroatoms. The number of anilines is 1. The molecule has 0 atom stereocenters. The fraction of sp³-hybridized carbons (Fsp3) is 0.333. The summed E-state index contributed by atoms with van der Waals surface area (Å²) in [7, 11) is 0. The predicted molar refractivity (Wildman–Crippen MR) is 95.5 cm³/mol. The maximum absolute atomic E-state index is 12.5. The smallest absolute Gasteiger partial charge is 0.276 e. The summed E-state index contributed by atoms with van der Waals surface area (Å²) in [6.45, 7) is 6.33. The Balaban J connectivity index is 1.47. The van der Waals surface area contributed by atoms with Gasteiger partial charge < -0.3 is 18.9 Å². The van der Waals surface area contributed by atoms with Gasteiger partial charge in [0.05, 0.1) is 0 Å². The second-order valence-electron chi connectivity index (χ2n) is 6.32. The quantitative estimate of drug-likeness (QED) is 0.715. The molecule has 3 aromatic heterocycles. The summed E-state index contributed by atoms with van der Waals surface area (Å²) in [6.07, 6.45) is 3.92. The lowest BCUT2D eigenvalue weighted by atomic mass is 10.2. The molecular formula is C18H20N6O2. The average Bonchev–Trinajstić information content (AvgIpc) is 3.32. The van der Waals surface area contributed by atoms with Gasteiger partial charge in [-0.1, -0.05) is 5.16 Å². The molecule has 4 heterocycles. The third-order valence-corrected chi connectivity index (χ3v) is 4.42. The second kappa shape index (κ2) is 6.62. The van der Waals surface area contributed by atoms with Crippen LogP contribution in [0.1, 0.15) is 22.1 Å². The molecule has 0 unspecified atom stereocenters. The van der Waals surface area contributed by atoms with Crippen molar-refractivity contribution in [3.63, 3.8) is 0 Å². The number of aromatic nitrogens is 4. The highest BCUT2D eigenvalue weighted by atomic mass is 16.5. The van der Waals surface area contributed by atoms with E-state index >= 15 is 0 Å². The molecule has 1 saturated heterocycles. The maximum Gasteiger partial charge on any atom is 0.276 e. The van der Waals surface area contributed by atoms with Gasteiger partial charge in [0.1, 0.15) is 23.2 Å². The van der Waals surface area contributed by atoms with Crippen molar-refractivity contribution in [1.82, 2.24) is 24.6 Å². The first-order valence-electron chi connectivity index (χ1n) is 8.57. The van der Waals surface area contributed by atoms with Crippen LogP contribution in [0.15, 0.2) is 41.2 Å². The molecule has 3 aromatic rings. The molecule has 8 nitrogen and oxygen atoms in total. The van der Waals surface area contributed by atoms with Crippen molar-refractivity contribution in [2.75, 3.05) is 31.1 Å². The van der Waals surface area contributed by atoms with Gasteiger partial charge in [-0.3, -0.25) is 4.79 Å². The molecule has 1 amide bonds.